The predicted molar refractivity (Wildman–Crippen MR) is 92.5 cm³/mol. The summed E-state index contributed by atoms with van der Waals surface area (Å²) in [6, 6.07) is 11.2. The van der Waals surface area contributed by atoms with Gasteiger partial charge in [-0.15, -0.1) is 23.5 Å². The zero-order valence-corrected chi connectivity index (χ0v) is 14.1. The minimum absolute atomic E-state index is 0.194. The zero-order chi connectivity index (χ0) is 15.4. The summed E-state index contributed by atoms with van der Waals surface area (Å²) in [5.41, 5.74) is 2.64. The van der Waals surface area contributed by atoms with Gasteiger partial charge in [-0.1, -0.05) is 29.8 Å². The number of pyridine rings is 1. The Balaban J connectivity index is 1.58. The third-order valence-electron chi connectivity index (χ3n) is 3.20. The average Bonchev–Trinajstić information content (AvgIpc) is 3.09. The van der Waals surface area contributed by atoms with E-state index < -0.39 is 0 Å². The van der Waals surface area contributed by atoms with Crippen molar-refractivity contribution in [3.63, 3.8) is 0 Å². The first kappa shape index (κ1) is 15.7. The fraction of sp³-hybridized carbons (Fsp3) is 0.250. The minimum atomic E-state index is -0.326. The van der Waals surface area contributed by atoms with Gasteiger partial charge in [0, 0.05) is 23.3 Å². The largest absolute Gasteiger partial charge is 0.457 e. The number of aromatic nitrogens is 1. The molecular formula is C16H14ClNO2S2. The molecule has 1 aliphatic rings. The lowest BCUT2D eigenvalue weighted by Crippen LogP contribution is -2.05. The average molecular weight is 352 g/mol. The van der Waals surface area contributed by atoms with Crippen molar-refractivity contribution in [2.45, 2.75) is 11.2 Å². The minimum Gasteiger partial charge on any atom is -0.457 e. The van der Waals surface area contributed by atoms with E-state index in [2.05, 4.69) is 4.98 Å². The molecule has 0 unspecified atom stereocenters. The van der Waals surface area contributed by atoms with Gasteiger partial charge in [0.05, 0.1) is 10.1 Å². The lowest BCUT2D eigenvalue weighted by molar-refractivity contribution is 0.0472. The maximum absolute atomic E-state index is 12.0. The molecule has 0 N–H and O–H groups in total. The molecule has 1 saturated heterocycles. The highest BCUT2D eigenvalue weighted by Crippen LogP contribution is 2.45. The van der Waals surface area contributed by atoms with Crippen molar-refractivity contribution in [3.8, 4) is 0 Å². The Kier molecular flexibility index (Phi) is 5.28. The zero-order valence-electron chi connectivity index (χ0n) is 11.7. The number of esters is 1. The summed E-state index contributed by atoms with van der Waals surface area (Å²) in [5, 5.41) is 0.424. The van der Waals surface area contributed by atoms with E-state index >= 15 is 0 Å². The first-order valence-electron chi connectivity index (χ1n) is 6.83. The van der Waals surface area contributed by atoms with Gasteiger partial charge in [-0.25, -0.2) is 9.78 Å². The second-order valence-corrected chi connectivity index (χ2v) is 7.87. The molecule has 0 radical (unpaired) electrons. The molecule has 1 fully saturated rings. The van der Waals surface area contributed by atoms with Crippen LogP contribution in [0.2, 0.25) is 5.15 Å². The van der Waals surface area contributed by atoms with Gasteiger partial charge < -0.3 is 4.74 Å². The maximum Gasteiger partial charge on any atom is 0.338 e. The first-order chi connectivity index (χ1) is 10.7. The number of hydrogen-bond donors (Lipinski definition) is 0. The number of halogens is 1. The van der Waals surface area contributed by atoms with Crippen LogP contribution < -0.4 is 0 Å². The van der Waals surface area contributed by atoms with E-state index in [0.29, 0.717) is 15.3 Å². The summed E-state index contributed by atoms with van der Waals surface area (Å²) in [7, 11) is 0. The number of nitrogens with zero attached hydrogens (tertiary/aromatic N) is 1. The van der Waals surface area contributed by atoms with Gasteiger partial charge in [0.25, 0.3) is 0 Å². The molecule has 0 spiro atoms. The van der Waals surface area contributed by atoms with Crippen molar-refractivity contribution in [1.82, 2.24) is 4.98 Å². The van der Waals surface area contributed by atoms with Crippen LogP contribution in [0.25, 0.3) is 0 Å². The van der Waals surface area contributed by atoms with Crippen LogP contribution in [0.5, 0.6) is 0 Å². The number of hydrogen-bond acceptors (Lipinski definition) is 5. The van der Waals surface area contributed by atoms with Crippen LogP contribution in [-0.2, 0) is 11.3 Å². The topological polar surface area (TPSA) is 39.2 Å². The molecule has 22 heavy (non-hydrogen) atoms. The molecule has 6 heteroatoms. The van der Waals surface area contributed by atoms with Crippen LogP contribution in [0.15, 0.2) is 42.6 Å². The van der Waals surface area contributed by atoms with E-state index in [1.807, 2.05) is 47.8 Å². The highest BCUT2D eigenvalue weighted by atomic mass is 35.5. The third kappa shape index (κ3) is 3.97. The molecule has 114 valence electrons. The van der Waals surface area contributed by atoms with Gasteiger partial charge in [-0.2, -0.15) is 0 Å². The maximum atomic E-state index is 12.0. The van der Waals surface area contributed by atoms with Gasteiger partial charge in [-0.3, -0.25) is 0 Å². The Labute approximate surface area is 142 Å². The Hall–Kier alpha value is -1.17. The summed E-state index contributed by atoms with van der Waals surface area (Å²) in [6.07, 6.45) is 1.60. The fourth-order valence-electron chi connectivity index (χ4n) is 2.05. The van der Waals surface area contributed by atoms with E-state index in [1.54, 1.807) is 18.3 Å². The second-order valence-electron chi connectivity index (χ2n) is 4.76. The molecule has 3 rings (SSSR count). The molecule has 1 aromatic heterocycles. The molecule has 0 aliphatic carbocycles. The summed E-state index contributed by atoms with van der Waals surface area (Å²) >= 11 is 9.61. The van der Waals surface area contributed by atoms with E-state index in [0.717, 1.165) is 5.56 Å². The lowest BCUT2D eigenvalue weighted by Gasteiger charge is -2.09. The number of thioether (sulfide) groups is 2. The predicted octanol–water partition coefficient (Wildman–Crippen LogP) is 4.57. The second kappa shape index (κ2) is 7.40. The van der Waals surface area contributed by atoms with E-state index in [1.165, 1.54) is 17.1 Å². The van der Waals surface area contributed by atoms with Crippen molar-refractivity contribution in [2.24, 2.45) is 0 Å². The third-order valence-corrected chi connectivity index (χ3v) is 6.53. The molecular weight excluding hydrogens is 338 g/mol. The quantitative estimate of drug-likeness (QED) is 0.596. The van der Waals surface area contributed by atoms with E-state index in [-0.39, 0.29) is 12.6 Å². The molecule has 2 aromatic rings. The van der Waals surface area contributed by atoms with Gasteiger partial charge in [0.15, 0.2) is 0 Å². The summed E-state index contributed by atoms with van der Waals surface area (Å²) < 4.78 is 5.78. The SMILES string of the molecule is O=C(OCc1ccc(Cl)nc1)c1ccc(C2SCCS2)cc1. The van der Waals surface area contributed by atoms with Gasteiger partial charge in [0.1, 0.15) is 11.8 Å². The molecule has 3 nitrogen and oxygen atoms in total. The van der Waals surface area contributed by atoms with E-state index in [9.17, 15) is 4.79 Å². The Morgan fingerprint density at radius 2 is 1.91 bits per heavy atom. The normalized spacial score (nSPS) is 15.0. The highest BCUT2D eigenvalue weighted by molar-refractivity contribution is 8.19. The first-order valence-corrected chi connectivity index (χ1v) is 9.30. The van der Waals surface area contributed by atoms with Crippen LogP contribution in [-0.4, -0.2) is 22.5 Å². The number of rotatable bonds is 4. The molecule has 0 atom stereocenters. The summed E-state index contributed by atoms with van der Waals surface area (Å²) in [6.45, 7) is 0.194. The number of carbonyl (C=O) groups excluding carboxylic acids is 1. The van der Waals surface area contributed by atoms with Gasteiger partial charge in [0.2, 0.25) is 0 Å². The Bertz CT molecular complexity index is 640. The molecule has 1 aromatic carbocycles. The standard InChI is InChI=1S/C16H14ClNO2S2/c17-14-6-1-11(9-18-14)10-20-15(19)12-2-4-13(5-3-12)16-21-7-8-22-16/h1-6,9,16H,7-8,10H2. The summed E-state index contributed by atoms with van der Waals surface area (Å²) in [4.78, 5) is 16.0. The van der Waals surface area contributed by atoms with Crippen molar-refractivity contribution in [2.75, 3.05) is 11.5 Å². The van der Waals surface area contributed by atoms with Crippen molar-refractivity contribution in [3.05, 3.63) is 64.4 Å². The smallest absolute Gasteiger partial charge is 0.338 e. The highest BCUT2D eigenvalue weighted by Gasteiger charge is 2.18. The van der Waals surface area contributed by atoms with Crippen molar-refractivity contribution in [1.29, 1.82) is 0 Å². The number of ether oxygens (including phenoxy) is 1. The molecule has 0 saturated carbocycles. The van der Waals surface area contributed by atoms with E-state index in [4.69, 9.17) is 16.3 Å². The van der Waals surface area contributed by atoms with Crippen molar-refractivity contribution < 1.29 is 9.53 Å². The Morgan fingerprint density at radius 1 is 1.18 bits per heavy atom. The van der Waals surface area contributed by atoms with Crippen LogP contribution in [0, 0.1) is 0 Å². The monoisotopic (exact) mass is 351 g/mol. The van der Waals surface area contributed by atoms with Crippen molar-refractivity contribution >= 4 is 41.1 Å². The van der Waals surface area contributed by atoms with Crippen LogP contribution in [0.3, 0.4) is 0 Å². The molecule has 0 amide bonds. The lowest BCUT2D eigenvalue weighted by atomic mass is 10.1. The van der Waals surface area contributed by atoms with Crippen LogP contribution in [0.1, 0.15) is 26.1 Å². The van der Waals surface area contributed by atoms with Crippen LogP contribution >= 0.6 is 35.1 Å². The molecule has 1 aliphatic heterocycles. The summed E-state index contributed by atoms with van der Waals surface area (Å²) in [5.74, 6) is 2.05. The fourth-order valence-corrected chi connectivity index (χ4v) is 5.02. The number of carbonyl (C=O) groups is 1. The van der Waals surface area contributed by atoms with Crippen LogP contribution in [0.4, 0.5) is 0 Å². The van der Waals surface area contributed by atoms with Gasteiger partial charge >= 0.3 is 5.97 Å². The van der Waals surface area contributed by atoms with Gasteiger partial charge in [-0.05, 0) is 23.8 Å². The Morgan fingerprint density at radius 3 is 2.55 bits per heavy atom. The molecule has 2 heterocycles. The number of benzene rings is 1. The molecule has 0 bridgehead atoms.